The number of fused-ring (bicyclic) bond motifs is 1. The van der Waals surface area contributed by atoms with Crippen molar-refractivity contribution in [3.63, 3.8) is 0 Å². The molecule has 0 saturated carbocycles. The zero-order valence-electron chi connectivity index (χ0n) is 9.23. The van der Waals surface area contributed by atoms with Crippen LogP contribution in [0.3, 0.4) is 0 Å². The van der Waals surface area contributed by atoms with Gasteiger partial charge in [0.25, 0.3) is 0 Å². The van der Waals surface area contributed by atoms with Crippen LogP contribution in [0.25, 0.3) is 0 Å². The van der Waals surface area contributed by atoms with Crippen LogP contribution in [0.5, 0.6) is 11.5 Å². The Labute approximate surface area is 94.2 Å². The average molecular weight is 221 g/mol. The van der Waals surface area contributed by atoms with Crippen LogP contribution in [-0.2, 0) is 6.42 Å². The molecule has 0 spiro atoms. The number of phenols is 1. The Morgan fingerprint density at radius 2 is 2.00 bits per heavy atom. The van der Waals surface area contributed by atoms with E-state index in [1.807, 2.05) is 6.07 Å². The highest BCUT2D eigenvalue weighted by molar-refractivity contribution is 6.02. The number of hydrogen-bond acceptors (Lipinski definition) is 4. The van der Waals surface area contributed by atoms with Gasteiger partial charge in [0.05, 0.1) is 12.8 Å². The van der Waals surface area contributed by atoms with E-state index in [2.05, 4.69) is 5.16 Å². The van der Waals surface area contributed by atoms with Crippen LogP contribution >= 0.6 is 0 Å². The van der Waals surface area contributed by atoms with Gasteiger partial charge in [-0.05, 0) is 43.4 Å². The van der Waals surface area contributed by atoms with Crippen molar-refractivity contribution in [3.05, 3.63) is 23.3 Å². The number of methoxy groups -OCH3 is 1. The van der Waals surface area contributed by atoms with Gasteiger partial charge in [-0.1, -0.05) is 5.16 Å². The first-order valence-electron chi connectivity index (χ1n) is 5.37. The Balaban J connectivity index is 2.54. The highest BCUT2D eigenvalue weighted by Gasteiger charge is 2.17. The summed E-state index contributed by atoms with van der Waals surface area (Å²) >= 11 is 0. The largest absolute Gasteiger partial charge is 0.504 e. The summed E-state index contributed by atoms with van der Waals surface area (Å²) < 4.78 is 5.07. The smallest absolute Gasteiger partial charge is 0.160 e. The third-order valence-electron chi connectivity index (χ3n) is 2.95. The van der Waals surface area contributed by atoms with E-state index in [4.69, 9.17) is 9.94 Å². The van der Waals surface area contributed by atoms with E-state index < -0.39 is 0 Å². The number of rotatable bonds is 1. The van der Waals surface area contributed by atoms with Gasteiger partial charge in [-0.15, -0.1) is 0 Å². The predicted octanol–water partition coefficient (Wildman–Crippen LogP) is 2.31. The molecule has 0 amide bonds. The number of oxime groups is 1. The lowest BCUT2D eigenvalue weighted by molar-refractivity contribution is 0.318. The van der Waals surface area contributed by atoms with E-state index in [0.29, 0.717) is 11.5 Å². The first-order chi connectivity index (χ1) is 7.76. The molecule has 4 heteroatoms. The second kappa shape index (κ2) is 4.43. The van der Waals surface area contributed by atoms with E-state index in [-0.39, 0.29) is 5.75 Å². The van der Waals surface area contributed by atoms with Crippen molar-refractivity contribution in [1.82, 2.24) is 0 Å². The van der Waals surface area contributed by atoms with Crippen LogP contribution in [0.15, 0.2) is 17.3 Å². The van der Waals surface area contributed by atoms with E-state index >= 15 is 0 Å². The average Bonchev–Trinajstić information content (AvgIpc) is 2.49. The highest BCUT2D eigenvalue weighted by Crippen LogP contribution is 2.32. The predicted molar refractivity (Wildman–Crippen MR) is 60.5 cm³/mol. The summed E-state index contributed by atoms with van der Waals surface area (Å²) in [5.41, 5.74) is 2.55. The molecule has 0 heterocycles. The van der Waals surface area contributed by atoms with E-state index in [0.717, 1.165) is 36.8 Å². The van der Waals surface area contributed by atoms with Crippen LogP contribution < -0.4 is 4.74 Å². The maximum Gasteiger partial charge on any atom is 0.160 e. The van der Waals surface area contributed by atoms with E-state index in [9.17, 15) is 5.11 Å². The lowest BCUT2D eigenvalue weighted by Crippen LogP contribution is -2.02. The third kappa shape index (κ3) is 1.83. The van der Waals surface area contributed by atoms with E-state index in [1.165, 1.54) is 7.11 Å². The summed E-state index contributed by atoms with van der Waals surface area (Å²) in [4.78, 5) is 0. The van der Waals surface area contributed by atoms with E-state index in [1.54, 1.807) is 6.07 Å². The second-order valence-electron chi connectivity index (χ2n) is 3.94. The zero-order chi connectivity index (χ0) is 11.5. The normalized spacial score (nSPS) is 17.9. The van der Waals surface area contributed by atoms with Gasteiger partial charge >= 0.3 is 0 Å². The molecule has 0 bridgehead atoms. The fourth-order valence-electron chi connectivity index (χ4n) is 2.10. The number of nitrogens with zero attached hydrogens (tertiary/aromatic N) is 1. The number of phenolic OH excluding ortho intramolecular Hbond substituents is 1. The van der Waals surface area contributed by atoms with Crippen molar-refractivity contribution in [2.45, 2.75) is 25.7 Å². The SMILES string of the molecule is COc1cc2c(cc1O)C(=NO)CCCC2. The van der Waals surface area contributed by atoms with Gasteiger partial charge in [-0.2, -0.15) is 0 Å². The molecular weight excluding hydrogens is 206 g/mol. The summed E-state index contributed by atoms with van der Waals surface area (Å²) in [6.07, 6.45) is 3.72. The molecule has 0 atom stereocenters. The Morgan fingerprint density at radius 3 is 2.69 bits per heavy atom. The number of ether oxygens (including phenoxy) is 1. The van der Waals surface area contributed by atoms with Crippen LogP contribution in [-0.4, -0.2) is 23.1 Å². The van der Waals surface area contributed by atoms with Gasteiger partial charge in [-0.3, -0.25) is 0 Å². The van der Waals surface area contributed by atoms with Gasteiger partial charge in [-0.25, -0.2) is 0 Å². The van der Waals surface area contributed by atoms with Crippen molar-refractivity contribution in [2.24, 2.45) is 5.16 Å². The lowest BCUT2D eigenvalue weighted by Gasteiger charge is -2.10. The monoisotopic (exact) mass is 221 g/mol. The maximum absolute atomic E-state index is 9.71. The molecule has 1 aromatic rings. The number of aromatic hydroxyl groups is 1. The molecule has 0 saturated heterocycles. The van der Waals surface area contributed by atoms with Gasteiger partial charge in [0.2, 0.25) is 0 Å². The minimum Gasteiger partial charge on any atom is -0.504 e. The van der Waals surface area contributed by atoms with Gasteiger partial charge in [0.1, 0.15) is 0 Å². The van der Waals surface area contributed by atoms with Crippen molar-refractivity contribution < 1.29 is 15.1 Å². The molecule has 0 aliphatic heterocycles. The summed E-state index contributed by atoms with van der Waals surface area (Å²) in [6.45, 7) is 0. The molecule has 1 aromatic carbocycles. The number of aryl methyl sites for hydroxylation is 1. The molecule has 1 aliphatic carbocycles. The molecule has 0 aromatic heterocycles. The van der Waals surface area contributed by atoms with Crippen LogP contribution in [0, 0.1) is 0 Å². The van der Waals surface area contributed by atoms with Crippen molar-refractivity contribution in [3.8, 4) is 11.5 Å². The summed E-state index contributed by atoms with van der Waals surface area (Å²) in [7, 11) is 1.53. The quantitative estimate of drug-likeness (QED) is 0.434. The first kappa shape index (κ1) is 10.8. The van der Waals surface area contributed by atoms with Crippen LogP contribution in [0.1, 0.15) is 30.4 Å². The third-order valence-corrected chi connectivity index (χ3v) is 2.95. The van der Waals surface area contributed by atoms with Crippen molar-refractivity contribution in [1.29, 1.82) is 0 Å². The molecule has 2 rings (SSSR count). The zero-order valence-corrected chi connectivity index (χ0v) is 9.23. The Bertz CT molecular complexity index is 427. The fraction of sp³-hybridized carbons (Fsp3) is 0.417. The molecule has 4 nitrogen and oxygen atoms in total. The number of benzene rings is 1. The minimum absolute atomic E-state index is 0.0873. The number of hydrogen-bond donors (Lipinski definition) is 2. The van der Waals surface area contributed by atoms with Crippen molar-refractivity contribution in [2.75, 3.05) is 7.11 Å². The molecular formula is C12H15NO3. The first-order valence-corrected chi connectivity index (χ1v) is 5.37. The minimum atomic E-state index is 0.0873. The fourth-order valence-corrected chi connectivity index (χ4v) is 2.10. The molecule has 0 unspecified atom stereocenters. The second-order valence-corrected chi connectivity index (χ2v) is 3.94. The molecule has 0 radical (unpaired) electrons. The molecule has 1 aliphatic rings. The van der Waals surface area contributed by atoms with Gasteiger partial charge < -0.3 is 15.1 Å². The molecule has 0 fully saturated rings. The van der Waals surface area contributed by atoms with Crippen molar-refractivity contribution >= 4 is 5.71 Å². The van der Waals surface area contributed by atoms with Gasteiger partial charge in [0, 0.05) is 5.56 Å². The lowest BCUT2D eigenvalue weighted by atomic mass is 10.0. The summed E-state index contributed by atoms with van der Waals surface area (Å²) in [5, 5.41) is 22.0. The Hall–Kier alpha value is -1.71. The van der Waals surface area contributed by atoms with Gasteiger partial charge in [0.15, 0.2) is 11.5 Å². The van der Waals surface area contributed by atoms with Crippen LogP contribution in [0.4, 0.5) is 0 Å². The summed E-state index contributed by atoms with van der Waals surface area (Å²) in [6, 6.07) is 3.44. The molecule has 86 valence electrons. The standard InChI is InChI=1S/C12H15NO3/c1-16-12-6-8-4-2-3-5-10(13-15)9(8)7-11(12)14/h6-7,14-15H,2-5H2,1H3. The maximum atomic E-state index is 9.71. The molecule has 16 heavy (non-hydrogen) atoms. The Morgan fingerprint density at radius 1 is 1.25 bits per heavy atom. The molecule has 2 N–H and O–H groups in total. The van der Waals surface area contributed by atoms with Crippen LogP contribution in [0.2, 0.25) is 0 Å². The topological polar surface area (TPSA) is 62.0 Å². The highest BCUT2D eigenvalue weighted by atomic mass is 16.5. The summed E-state index contributed by atoms with van der Waals surface area (Å²) in [5.74, 6) is 0.558. The Kier molecular flexibility index (Phi) is 2.99.